The van der Waals surface area contributed by atoms with Crippen molar-refractivity contribution in [3.05, 3.63) is 0 Å². The van der Waals surface area contributed by atoms with Crippen LogP contribution in [0.4, 0.5) is 4.79 Å². The molecule has 0 aromatic rings. The fourth-order valence-corrected chi connectivity index (χ4v) is 1.51. The zero-order chi connectivity index (χ0) is 11.6. The molecule has 0 bridgehead atoms. The lowest BCUT2D eigenvalue weighted by atomic mass is 10.1. The largest absolute Gasteiger partial charge is 0.364 e. The minimum absolute atomic E-state index is 0.0265. The Bertz CT molecular complexity index is 277. The molecule has 6 heteroatoms. The van der Waals surface area contributed by atoms with Gasteiger partial charge in [0.25, 0.3) is 5.91 Å². The molecule has 0 aromatic heterocycles. The zero-order valence-corrected chi connectivity index (χ0v) is 9.44. The summed E-state index contributed by atoms with van der Waals surface area (Å²) in [6.45, 7) is 3.43. The summed E-state index contributed by atoms with van der Waals surface area (Å²) < 4.78 is 9.70. The van der Waals surface area contributed by atoms with Crippen molar-refractivity contribution < 1.29 is 19.1 Å². The molecule has 0 saturated carbocycles. The van der Waals surface area contributed by atoms with Crippen LogP contribution in [0.2, 0.25) is 0 Å². The van der Waals surface area contributed by atoms with E-state index in [0.29, 0.717) is 0 Å². The van der Waals surface area contributed by atoms with Gasteiger partial charge in [-0.1, -0.05) is 0 Å². The predicted molar refractivity (Wildman–Crippen MR) is 51.9 cm³/mol. The molecule has 1 saturated heterocycles. The standard InChI is InChI=1S/C9H16N2O4/c1-9(2)7(12)10(5-14-3)8(13)11(9)6-15-4/h5-6H2,1-4H3. The van der Waals surface area contributed by atoms with Crippen LogP contribution in [0.25, 0.3) is 0 Å². The number of amides is 3. The van der Waals surface area contributed by atoms with E-state index in [1.165, 1.54) is 19.1 Å². The molecule has 1 fully saturated rings. The average Bonchev–Trinajstić information content (AvgIpc) is 2.33. The van der Waals surface area contributed by atoms with E-state index in [4.69, 9.17) is 9.47 Å². The quantitative estimate of drug-likeness (QED) is 0.631. The molecule has 86 valence electrons. The number of hydrogen-bond donors (Lipinski definition) is 0. The van der Waals surface area contributed by atoms with Gasteiger partial charge in [-0.2, -0.15) is 0 Å². The fraction of sp³-hybridized carbons (Fsp3) is 0.778. The molecule has 1 heterocycles. The van der Waals surface area contributed by atoms with Gasteiger partial charge in [0.15, 0.2) is 0 Å². The Morgan fingerprint density at radius 2 is 1.67 bits per heavy atom. The average molecular weight is 216 g/mol. The highest BCUT2D eigenvalue weighted by atomic mass is 16.5. The van der Waals surface area contributed by atoms with Crippen LogP contribution in [0, 0.1) is 0 Å². The summed E-state index contributed by atoms with van der Waals surface area (Å²) in [6, 6.07) is -0.381. The molecular formula is C9H16N2O4. The van der Waals surface area contributed by atoms with Gasteiger partial charge < -0.3 is 9.47 Å². The summed E-state index contributed by atoms with van der Waals surface area (Å²) in [5.74, 6) is -0.272. The minimum atomic E-state index is -0.869. The molecule has 0 N–H and O–H groups in total. The number of imide groups is 1. The molecule has 0 unspecified atom stereocenters. The monoisotopic (exact) mass is 216 g/mol. The van der Waals surface area contributed by atoms with Crippen LogP contribution in [0.15, 0.2) is 0 Å². The fourth-order valence-electron chi connectivity index (χ4n) is 1.51. The van der Waals surface area contributed by atoms with Crippen LogP contribution >= 0.6 is 0 Å². The van der Waals surface area contributed by atoms with Crippen LogP contribution < -0.4 is 0 Å². The van der Waals surface area contributed by atoms with Crippen molar-refractivity contribution in [1.82, 2.24) is 9.80 Å². The molecule has 0 aliphatic carbocycles. The number of urea groups is 1. The minimum Gasteiger partial charge on any atom is -0.364 e. The highest BCUT2D eigenvalue weighted by molar-refractivity contribution is 6.06. The van der Waals surface area contributed by atoms with Crippen molar-refractivity contribution in [3.8, 4) is 0 Å². The molecule has 1 aliphatic rings. The van der Waals surface area contributed by atoms with Crippen LogP contribution in [0.3, 0.4) is 0 Å². The summed E-state index contributed by atoms with van der Waals surface area (Å²) in [4.78, 5) is 26.1. The number of ether oxygens (including phenoxy) is 2. The van der Waals surface area contributed by atoms with Crippen molar-refractivity contribution in [1.29, 1.82) is 0 Å². The van der Waals surface area contributed by atoms with E-state index >= 15 is 0 Å². The second-order valence-corrected chi connectivity index (χ2v) is 3.84. The highest BCUT2D eigenvalue weighted by Gasteiger charge is 2.51. The Labute approximate surface area is 88.7 Å². The second-order valence-electron chi connectivity index (χ2n) is 3.84. The maximum atomic E-state index is 11.8. The lowest BCUT2D eigenvalue weighted by Crippen LogP contribution is -2.45. The topological polar surface area (TPSA) is 59.1 Å². The number of carbonyl (C=O) groups excluding carboxylic acids is 2. The van der Waals surface area contributed by atoms with Gasteiger partial charge in [-0.15, -0.1) is 0 Å². The molecule has 1 rings (SSSR count). The maximum absolute atomic E-state index is 11.8. The highest BCUT2D eigenvalue weighted by Crippen LogP contribution is 2.26. The summed E-state index contributed by atoms with van der Waals surface area (Å²) in [7, 11) is 2.92. The van der Waals surface area contributed by atoms with E-state index in [1.807, 2.05) is 0 Å². The Hall–Kier alpha value is -1.14. The number of rotatable bonds is 4. The van der Waals surface area contributed by atoms with E-state index in [2.05, 4.69) is 0 Å². The van der Waals surface area contributed by atoms with Crippen LogP contribution in [0.5, 0.6) is 0 Å². The van der Waals surface area contributed by atoms with Crippen molar-refractivity contribution in [2.45, 2.75) is 19.4 Å². The first-order valence-corrected chi connectivity index (χ1v) is 4.58. The number of nitrogens with zero attached hydrogens (tertiary/aromatic N) is 2. The SMILES string of the molecule is COCN1C(=O)N(COC)C(C)(C)C1=O. The zero-order valence-electron chi connectivity index (χ0n) is 9.44. The summed E-state index contributed by atoms with van der Waals surface area (Å²) >= 11 is 0. The van der Waals surface area contributed by atoms with Crippen LogP contribution in [-0.4, -0.2) is 55.0 Å². The summed E-state index contributed by atoms with van der Waals surface area (Å²) in [5.41, 5.74) is -0.869. The second kappa shape index (κ2) is 4.16. The first-order valence-electron chi connectivity index (χ1n) is 4.58. The number of carbonyl (C=O) groups is 2. The van der Waals surface area contributed by atoms with Gasteiger partial charge in [-0.3, -0.25) is 9.69 Å². The third kappa shape index (κ3) is 1.82. The van der Waals surface area contributed by atoms with E-state index < -0.39 is 5.54 Å². The van der Waals surface area contributed by atoms with E-state index in [0.717, 1.165) is 4.90 Å². The molecular weight excluding hydrogens is 200 g/mol. The van der Waals surface area contributed by atoms with Gasteiger partial charge >= 0.3 is 6.03 Å². The van der Waals surface area contributed by atoms with Gasteiger partial charge in [0.1, 0.15) is 19.0 Å². The van der Waals surface area contributed by atoms with E-state index in [-0.39, 0.29) is 25.4 Å². The van der Waals surface area contributed by atoms with Crippen molar-refractivity contribution in [3.63, 3.8) is 0 Å². The third-order valence-electron chi connectivity index (χ3n) is 2.42. The first kappa shape index (κ1) is 11.9. The number of methoxy groups -OCH3 is 2. The molecule has 3 amide bonds. The molecule has 15 heavy (non-hydrogen) atoms. The Morgan fingerprint density at radius 1 is 1.13 bits per heavy atom. The smallest absolute Gasteiger partial charge is 0.331 e. The lowest BCUT2D eigenvalue weighted by molar-refractivity contribution is -0.135. The summed E-state index contributed by atoms with van der Waals surface area (Å²) in [5, 5.41) is 0. The normalized spacial score (nSPS) is 20.3. The predicted octanol–water partition coefficient (Wildman–Crippen LogP) is 0.237. The molecule has 0 radical (unpaired) electrons. The molecule has 0 spiro atoms. The Balaban J connectivity index is 2.92. The van der Waals surface area contributed by atoms with E-state index in [1.54, 1.807) is 13.8 Å². The van der Waals surface area contributed by atoms with Crippen molar-refractivity contribution in [2.24, 2.45) is 0 Å². The van der Waals surface area contributed by atoms with Gasteiger partial charge in [-0.25, -0.2) is 9.69 Å². The van der Waals surface area contributed by atoms with Crippen molar-refractivity contribution >= 4 is 11.9 Å². The molecule has 1 aliphatic heterocycles. The molecule has 0 aromatic carbocycles. The van der Waals surface area contributed by atoms with Crippen LogP contribution in [-0.2, 0) is 14.3 Å². The third-order valence-corrected chi connectivity index (χ3v) is 2.42. The van der Waals surface area contributed by atoms with E-state index in [9.17, 15) is 9.59 Å². The van der Waals surface area contributed by atoms with Gasteiger partial charge in [-0.05, 0) is 13.8 Å². The first-order chi connectivity index (χ1) is 6.96. The van der Waals surface area contributed by atoms with Gasteiger partial charge in [0.2, 0.25) is 0 Å². The number of hydrogen-bond acceptors (Lipinski definition) is 4. The van der Waals surface area contributed by atoms with Crippen LogP contribution in [0.1, 0.15) is 13.8 Å². The molecule has 6 nitrogen and oxygen atoms in total. The summed E-state index contributed by atoms with van der Waals surface area (Å²) in [6.07, 6.45) is 0. The maximum Gasteiger partial charge on any atom is 0.331 e. The lowest BCUT2D eigenvalue weighted by Gasteiger charge is -2.26. The van der Waals surface area contributed by atoms with Crippen molar-refractivity contribution in [2.75, 3.05) is 27.7 Å². The Kier molecular flexibility index (Phi) is 3.31. The Morgan fingerprint density at radius 3 is 2.13 bits per heavy atom. The van der Waals surface area contributed by atoms with Gasteiger partial charge in [0, 0.05) is 14.2 Å². The molecule has 0 atom stereocenters. The van der Waals surface area contributed by atoms with Gasteiger partial charge in [0.05, 0.1) is 0 Å².